The van der Waals surface area contributed by atoms with Gasteiger partial charge in [0.2, 0.25) is 0 Å². The van der Waals surface area contributed by atoms with Gasteiger partial charge in [-0.1, -0.05) is 47.0 Å². The van der Waals surface area contributed by atoms with Gasteiger partial charge >= 0.3 is 0 Å². The van der Waals surface area contributed by atoms with Crippen molar-refractivity contribution in [2.45, 2.75) is 59.5 Å². The Balaban J connectivity index is 3.72. The lowest BCUT2D eigenvalue weighted by atomic mass is 9.89. The fourth-order valence-electron chi connectivity index (χ4n) is 1.47. The van der Waals surface area contributed by atoms with Crippen molar-refractivity contribution in [3.05, 3.63) is 0 Å². The van der Waals surface area contributed by atoms with Crippen LogP contribution >= 0.6 is 0 Å². The summed E-state index contributed by atoms with van der Waals surface area (Å²) in [6.07, 6.45) is 4.39. The van der Waals surface area contributed by atoms with E-state index < -0.39 is 0 Å². The molecule has 2 atom stereocenters. The van der Waals surface area contributed by atoms with E-state index in [1.807, 2.05) is 0 Å². The molecule has 0 bridgehead atoms. The van der Waals surface area contributed by atoms with Crippen molar-refractivity contribution >= 4 is 0 Å². The highest BCUT2D eigenvalue weighted by Crippen LogP contribution is 2.20. The lowest BCUT2D eigenvalue weighted by molar-refractivity contribution is 0.0859. The van der Waals surface area contributed by atoms with Crippen LogP contribution in [0.3, 0.4) is 0 Å². The molecular formula is C11H24O. The second-order valence-corrected chi connectivity index (χ2v) is 3.87. The molecule has 0 heterocycles. The lowest BCUT2D eigenvalue weighted by Gasteiger charge is -2.21. The molecule has 0 saturated heterocycles. The highest BCUT2D eigenvalue weighted by atomic mass is 16.3. The van der Waals surface area contributed by atoms with Crippen LogP contribution in [0.15, 0.2) is 0 Å². The second-order valence-electron chi connectivity index (χ2n) is 3.87. The number of hydrogen-bond acceptors (Lipinski definition) is 1. The Morgan fingerprint density at radius 2 is 1.50 bits per heavy atom. The Hall–Kier alpha value is -0.0400. The van der Waals surface area contributed by atoms with Crippen LogP contribution < -0.4 is 0 Å². The lowest BCUT2D eigenvalue weighted by Crippen LogP contribution is -2.20. The van der Waals surface area contributed by atoms with E-state index in [1.165, 1.54) is 12.8 Å². The van der Waals surface area contributed by atoms with Crippen LogP contribution in [0.2, 0.25) is 0 Å². The predicted octanol–water partition coefficient (Wildman–Crippen LogP) is 3.22. The van der Waals surface area contributed by atoms with E-state index in [2.05, 4.69) is 27.7 Å². The Morgan fingerprint density at radius 3 is 1.83 bits per heavy atom. The van der Waals surface area contributed by atoms with Crippen molar-refractivity contribution in [2.75, 3.05) is 0 Å². The number of aliphatic hydroxyl groups is 1. The summed E-state index contributed by atoms with van der Waals surface area (Å²) in [6.45, 7) is 8.68. The molecule has 0 aromatic carbocycles. The molecule has 0 aliphatic rings. The molecule has 0 aromatic rings. The van der Waals surface area contributed by atoms with Gasteiger partial charge in [0.15, 0.2) is 0 Å². The maximum Gasteiger partial charge on any atom is 0.0568 e. The number of rotatable bonds is 6. The van der Waals surface area contributed by atoms with Gasteiger partial charge in [-0.3, -0.25) is 0 Å². The molecule has 0 aliphatic carbocycles. The monoisotopic (exact) mass is 172 g/mol. The Kier molecular flexibility index (Phi) is 6.45. The normalized spacial score (nSPS) is 16.5. The third-order valence-electron chi connectivity index (χ3n) is 3.03. The van der Waals surface area contributed by atoms with Crippen LogP contribution in [0.25, 0.3) is 0 Å². The summed E-state index contributed by atoms with van der Waals surface area (Å²) in [4.78, 5) is 0. The van der Waals surface area contributed by atoms with Gasteiger partial charge < -0.3 is 5.11 Å². The van der Waals surface area contributed by atoms with E-state index in [-0.39, 0.29) is 6.10 Å². The van der Waals surface area contributed by atoms with Crippen molar-refractivity contribution in [3.8, 4) is 0 Å². The van der Waals surface area contributed by atoms with Gasteiger partial charge in [0.1, 0.15) is 0 Å². The van der Waals surface area contributed by atoms with Crippen molar-refractivity contribution in [1.29, 1.82) is 0 Å². The van der Waals surface area contributed by atoms with Crippen molar-refractivity contribution < 1.29 is 5.11 Å². The fourth-order valence-corrected chi connectivity index (χ4v) is 1.47. The minimum atomic E-state index is -0.0834. The van der Waals surface area contributed by atoms with Gasteiger partial charge in [0, 0.05) is 0 Å². The topological polar surface area (TPSA) is 20.2 Å². The third-order valence-corrected chi connectivity index (χ3v) is 3.03. The van der Waals surface area contributed by atoms with Gasteiger partial charge in [-0.05, 0) is 18.3 Å². The second kappa shape index (κ2) is 6.47. The summed E-state index contributed by atoms with van der Waals surface area (Å²) >= 11 is 0. The van der Waals surface area contributed by atoms with Crippen LogP contribution in [0.1, 0.15) is 53.4 Å². The third kappa shape index (κ3) is 4.10. The molecule has 12 heavy (non-hydrogen) atoms. The average molecular weight is 172 g/mol. The van der Waals surface area contributed by atoms with E-state index in [1.54, 1.807) is 0 Å². The first kappa shape index (κ1) is 12.0. The van der Waals surface area contributed by atoms with Gasteiger partial charge in [-0.25, -0.2) is 0 Å². The van der Waals surface area contributed by atoms with E-state index in [4.69, 9.17) is 0 Å². The van der Waals surface area contributed by atoms with E-state index in [0.29, 0.717) is 11.8 Å². The zero-order chi connectivity index (χ0) is 9.56. The van der Waals surface area contributed by atoms with Crippen LogP contribution in [-0.4, -0.2) is 11.2 Å². The van der Waals surface area contributed by atoms with Crippen molar-refractivity contribution in [3.63, 3.8) is 0 Å². The summed E-state index contributed by atoms with van der Waals surface area (Å²) in [5.41, 5.74) is 0. The molecule has 1 nitrogen and oxygen atoms in total. The molecule has 0 rings (SSSR count). The van der Waals surface area contributed by atoms with Crippen LogP contribution in [0.4, 0.5) is 0 Å². The first-order valence-electron chi connectivity index (χ1n) is 5.33. The minimum Gasteiger partial charge on any atom is -0.393 e. The summed E-state index contributed by atoms with van der Waals surface area (Å²) in [5, 5.41) is 9.75. The van der Waals surface area contributed by atoms with Crippen LogP contribution in [-0.2, 0) is 0 Å². The highest BCUT2D eigenvalue weighted by molar-refractivity contribution is 4.67. The summed E-state index contributed by atoms with van der Waals surface area (Å²) in [7, 11) is 0. The molecule has 1 heteroatoms. The SMILES string of the molecule is CCC(CC)CC(O)C(C)CC. The molecule has 0 fully saturated rings. The van der Waals surface area contributed by atoms with E-state index in [9.17, 15) is 5.11 Å². The molecule has 0 saturated carbocycles. The Morgan fingerprint density at radius 1 is 1.00 bits per heavy atom. The molecule has 1 N–H and O–H groups in total. The summed E-state index contributed by atoms with van der Waals surface area (Å²) in [6, 6.07) is 0. The predicted molar refractivity (Wildman–Crippen MR) is 54.2 cm³/mol. The summed E-state index contributed by atoms with van der Waals surface area (Å²) in [5.74, 6) is 1.18. The minimum absolute atomic E-state index is 0.0834. The smallest absolute Gasteiger partial charge is 0.0568 e. The van der Waals surface area contributed by atoms with Gasteiger partial charge in [-0.2, -0.15) is 0 Å². The molecule has 0 amide bonds. The maximum atomic E-state index is 9.75. The molecule has 0 spiro atoms. The Labute approximate surface area is 77.2 Å². The fraction of sp³-hybridized carbons (Fsp3) is 1.00. The zero-order valence-corrected chi connectivity index (χ0v) is 9.01. The Bertz CT molecular complexity index is 97.2. The molecule has 74 valence electrons. The number of aliphatic hydroxyl groups excluding tert-OH is 1. The van der Waals surface area contributed by atoms with Gasteiger partial charge in [0.25, 0.3) is 0 Å². The first-order valence-corrected chi connectivity index (χ1v) is 5.33. The van der Waals surface area contributed by atoms with Gasteiger partial charge in [0.05, 0.1) is 6.10 Å². The standard InChI is InChI=1S/C11H24O/c1-5-9(4)11(12)8-10(6-2)7-3/h9-12H,5-8H2,1-4H3. The number of hydrogen-bond donors (Lipinski definition) is 1. The summed E-state index contributed by atoms with van der Waals surface area (Å²) < 4.78 is 0. The first-order chi connectivity index (χ1) is 5.65. The molecule has 2 unspecified atom stereocenters. The van der Waals surface area contributed by atoms with Crippen molar-refractivity contribution in [1.82, 2.24) is 0 Å². The maximum absolute atomic E-state index is 9.75. The molecule has 0 radical (unpaired) electrons. The van der Waals surface area contributed by atoms with E-state index >= 15 is 0 Å². The largest absolute Gasteiger partial charge is 0.393 e. The molecule has 0 aromatic heterocycles. The van der Waals surface area contributed by atoms with Crippen LogP contribution in [0, 0.1) is 11.8 Å². The quantitative estimate of drug-likeness (QED) is 0.652. The zero-order valence-electron chi connectivity index (χ0n) is 9.01. The van der Waals surface area contributed by atoms with Gasteiger partial charge in [-0.15, -0.1) is 0 Å². The average Bonchev–Trinajstić information content (AvgIpc) is 2.12. The van der Waals surface area contributed by atoms with Crippen LogP contribution in [0.5, 0.6) is 0 Å². The highest BCUT2D eigenvalue weighted by Gasteiger charge is 2.15. The van der Waals surface area contributed by atoms with E-state index in [0.717, 1.165) is 12.8 Å². The molecule has 0 aliphatic heterocycles. The van der Waals surface area contributed by atoms with Crippen molar-refractivity contribution in [2.24, 2.45) is 11.8 Å². The molecular weight excluding hydrogens is 148 g/mol.